The monoisotopic (exact) mass is 486 g/mol. The first-order chi connectivity index (χ1) is 11.6. The van der Waals surface area contributed by atoms with Gasteiger partial charge in [-0.25, -0.2) is 0 Å². The molecule has 4 heteroatoms. The molecule has 0 aromatic heterocycles. The maximum atomic E-state index is 2.67. The van der Waals surface area contributed by atoms with Gasteiger partial charge in [0.05, 0.1) is 0 Å². The maximum Gasteiger partial charge on any atom is -0.147 e. The molecule has 0 spiro atoms. The number of hydrogen-bond donors (Lipinski definition) is 0. The van der Waals surface area contributed by atoms with Crippen molar-refractivity contribution in [1.82, 2.24) is 0 Å². The third-order valence-corrected chi connectivity index (χ3v) is 26.8. The molecule has 5 atom stereocenters. The van der Waals surface area contributed by atoms with Crippen LogP contribution in [0.25, 0.3) is 0 Å². The standard InChI is InChI=1S/C13H17.C7H9.C2H6Si.2ClH.Zr/c1-3-7-12-10(5-1)9-11-6-2-4-8-13(11)12;1-6-4-3-5-7(6)2;1-3-2;;;/h1,3,5,7,9-13H,2,4,6,8H2;4H,3H2,1-2H3;1-2H3;2*1H;. The van der Waals surface area contributed by atoms with E-state index in [4.69, 9.17) is 0 Å². The maximum absolute atomic E-state index is 2.67. The Labute approximate surface area is 180 Å². The van der Waals surface area contributed by atoms with Crippen LogP contribution >= 0.6 is 24.8 Å². The van der Waals surface area contributed by atoms with Crippen LogP contribution in [0.2, 0.25) is 16.7 Å². The number of halogens is 2. The van der Waals surface area contributed by atoms with Gasteiger partial charge in [-0.1, -0.05) is 0 Å². The van der Waals surface area contributed by atoms with E-state index in [0.717, 1.165) is 27.3 Å². The molecule has 0 radical (unpaired) electrons. The first-order valence-electron chi connectivity index (χ1n) is 9.99. The fourth-order valence-electron chi connectivity index (χ4n) is 6.18. The summed E-state index contributed by atoms with van der Waals surface area (Å²) in [7, 11) is 0. The van der Waals surface area contributed by atoms with Crippen LogP contribution in [0, 0.1) is 23.7 Å². The van der Waals surface area contributed by atoms with E-state index in [1.165, 1.54) is 25.7 Å². The summed E-state index contributed by atoms with van der Waals surface area (Å²) in [4.78, 5) is 0. The van der Waals surface area contributed by atoms with E-state index >= 15 is 0 Å². The van der Waals surface area contributed by atoms with Crippen LogP contribution in [0.5, 0.6) is 0 Å². The molecular formula is C22H34Cl2SiZr. The van der Waals surface area contributed by atoms with E-state index in [2.05, 4.69) is 57.3 Å². The molecule has 0 N–H and O–H groups in total. The van der Waals surface area contributed by atoms with Gasteiger partial charge in [0.15, 0.2) is 0 Å². The number of rotatable bonds is 2. The minimum atomic E-state index is -1.57. The molecule has 0 bridgehead atoms. The van der Waals surface area contributed by atoms with Crippen molar-refractivity contribution in [2.75, 3.05) is 0 Å². The molecule has 144 valence electrons. The summed E-state index contributed by atoms with van der Waals surface area (Å²) in [6.45, 7) is 10.1. The van der Waals surface area contributed by atoms with E-state index in [9.17, 15) is 0 Å². The third kappa shape index (κ3) is 3.87. The Morgan fingerprint density at radius 1 is 0.923 bits per heavy atom. The van der Waals surface area contributed by atoms with Gasteiger partial charge in [0.2, 0.25) is 0 Å². The van der Waals surface area contributed by atoms with E-state index < -0.39 is 20.4 Å². The van der Waals surface area contributed by atoms with Crippen LogP contribution in [-0.2, 0) is 20.4 Å². The largest absolute Gasteiger partial charge is 0.147 e. The van der Waals surface area contributed by atoms with Crippen LogP contribution in [-0.4, -0.2) is 5.43 Å². The Kier molecular flexibility index (Phi) is 8.31. The second-order valence-corrected chi connectivity index (χ2v) is 26.4. The van der Waals surface area contributed by atoms with Crippen molar-refractivity contribution in [3.05, 3.63) is 44.8 Å². The second-order valence-electron chi connectivity index (χ2n) is 8.67. The Hall–Kier alpha value is 0.640. The van der Waals surface area contributed by atoms with Gasteiger partial charge in [-0.05, 0) is 0 Å². The van der Waals surface area contributed by atoms with Crippen LogP contribution < -0.4 is 0 Å². The number of allylic oxidation sites excluding steroid dienone is 8. The van der Waals surface area contributed by atoms with Crippen LogP contribution in [0.4, 0.5) is 0 Å². The van der Waals surface area contributed by atoms with Crippen LogP contribution in [0.15, 0.2) is 44.8 Å². The van der Waals surface area contributed by atoms with Crippen LogP contribution in [0.1, 0.15) is 46.0 Å². The van der Waals surface area contributed by atoms with Gasteiger partial charge >= 0.3 is 157 Å². The van der Waals surface area contributed by atoms with Gasteiger partial charge in [-0.2, -0.15) is 0 Å². The Morgan fingerprint density at radius 3 is 2.12 bits per heavy atom. The minimum Gasteiger partial charge on any atom is -0.147 e. The average molecular weight is 489 g/mol. The summed E-state index contributed by atoms with van der Waals surface area (Å²) < 4.78 is 3.13. The smallest absolute Gasteiger partial charge is 0.147 e. The fraction of sp³-hybridized carbons (Fsp3) is 0.636. The van der Waals surface area contributed by atoms with E-state index in [1.807, 2.05) is 3.28 Å². The van der Waals surface area contributed by atoms with Gasteiger partial charge < -0.3 is 0 Å². The average Bonchev–Trinajstić information content (AvgIpc) is 3.08. The van der Waals surface area contributed by atoms with Gasteiger partial charge in [0.1, 0.15) is 0 Å². The molecule has 4 aliphatic rings. The first kappa shape index (κ1) is 22.9. The van der Waals surface area contributed by atoms with Crippen molar-refractivity contribution in [2.24, 2.45) is 23.7 Å². The van der Waals surface area contributed by atoms with Crippen LogP contribution in [0.3, 0.4) is 0 Å². The molecule has 0 aromatic carbocycles. The molecule has 4 rings (SSSR count). The molecule has 0 aliphatic heterocycles. The molecule has 0 heterocycles. The van der Waals surface area contributed by atoms with E-state index in [1.54, 1.807) is 17.6 Å². The quantitative estimate of drug-likeness (QED) is 0.358. The van der Waals surface area contributed by atoms with Crippen molar-refractivity contribution in [1.29, 1.82) is 0 Å². The molecule has 2 saturated carbocycles. The Balaban J connectivity index is 0.00000121. The molecule has 0 saturated heterocycles. The molecule has 0 amide bonds. The predicted octanol–water partition coefficient (Wildman–Crippen LogP) is 7.29. The zero-order valence-corrected chi connectivity index (χ0v) is 21.7. The van der Waals surface area contributed by atoms with Crippen molar-refractivity contribution in [3.63, 3.8) is 0 Å². The second kappa shape index (κ2) is 9.43. The van der Waals surface area contributed by atoms with E-state index in [-0.39, 0.29) is 30.2 Å². The van der Waals surface area contributed by atoms with Gasteiger partial charge in [-0.15, -0.1) is 24.8 Å². The summed E-state index contributed by atoms with van der Waals surface area (Å²) in [5, 5.41) is 0. The minimum absolute atomic E-state index is 0. The molecule has 26 heavy (non-hydrogen) atoms. The third-order valence-electron chi connectivity index (χ3n) is 7.32. The topological polar surface area (TPSA) is 0 Å². The first-order valence-corrected chi connectivity index (χ1v) is 18.8. The molecule has 0 nitrogen and oxygen atoms in total. The summed E-state index contributed by atoms with van der Waals surface area (Å²) in [6, 6.07) is 0. The summed E-state index contributed by atoms with van der Waals surface area (Å²) in [5.74, 6) is 3.87. The van der Waals surface area contributed by atoms with Crippen molar-refractivity contribution in [3.8, 4) is 0 Å². The predicted molar refractivity (Wildman–Crippen MR) is 118 cm³/mol. The molecule has 5 unspecified atom stereocenters. The summed E-state index contributed by atoms with van der Waals surface area (Å²) >= 11 is -1.57. The van der Waals surface area contributed by atoms with E-state index in [0.29, 0.717) is 0 Å². The van der Waals surface area contributed by atoms with Gasteiger partial charge in [-0.3, -0.25) is 0 Å². The number of hydrogen-bond acceptors (Lipinski definition) is 0. The zero-order chi connectivity index (χ0) is 16.8. The van der Waals surface area contributed by atoms with Crippen molar-refractivity contribution >= 4 is 30.2 Å². The van der Waals surface area contributed by atoms with Gasteiger partial charge in [0, 0.05) is 0 Å². The molecule has 4 aliphatic carbocycles. The zero-order valence-electron chi connectivity index (χ0n) is 16.6. The summed E-state index contributed by atoms with van der Waals surface area (Å²) in [5.41, 5.74) is 3.18. The summed E-state index contributed by atoms with van der Waals surface area (Å²) in [6.07, 6.45) is 19.9. The molecule has 2 fully saturated rings. The fourth-order valence-corrected chi connectivity index (χ4v) is 28.0. The van der Waals surface area contributed by atoms with Crippen molar-refractivity contribution < 1.29 is 20.4 Å². The SMILES string of the molecule is CC1=CC[C]([Zr]([CH]2C3C=CC=CC3C3CCCCC32)=[Si](C)C)=C1C.Cl.Cl. The van der Waals surface area contributed by atoms with Gasteiger partial charge in [0.25, 0.3) is 0 Å². The van der Waals surface area contributed by atoms with Crippen molar-refractivity contribution in [2.45, 2.75) is 62.7 Å². The Morgan fingerprint density at radius 2 is 1.54 bits per heavy atom. The molecular weight excluding hydrogens is 454 g/mol. The number of fused-ring (bicyclic) bond motifs is 3. The molecule has 0 aromatic rings. The Bertz CT molecular complexity index is 697. The normalized spacial score (nSPS) is 34.5.